The summed E-state index contributed by atoms with van der Waals surface area (Å²) in [6.45, 7) is 2.33. The van der Waals surface area contributed by atoms with Crippen molar-refractivity contribution in [3.63, 3.8) is 0 Å². The minimum Gasteiger partial charge on any atom is -0.374 e. The lowest BCUT2D eigenvalue weighted by Gasteiger charge is -2.08. The SMILES string of the molecule is CC(CN)CCC(=O)NCCOCC(F)F. The molecule has 1 atom stereocenters. The number of ether oxygens (including phenoxy) is 1. The molecule has 96 valence electrons. The molecule has 0 aromatic rings. The van der Waals surface area contributed by atoms with Crippen LogP contribution in [0.5, 0.6) is 0 Å². The van der Waals surface area contributed by atoms with Crippen LogP contribution < -0.4 is 11.1 Å². The molecule has 0 fully saturated rings. The van der Waals surface area contributed by atoms with Crippen molar-refractivity contribution < 1.29 is 18.3 Å². The van der Waals surface area contributed by atoms with Crippen LogP contribution in [0.25, 0.3) is 0 Å². The third-order valence-corrected chi connectivity index (χ3v) is 2.08. The van der Waals surface area contributed by atoms with Gasteiger partial charge in [-0.3, -0.25) is 4.79 Å². The molecule has 0 radical (unpaired) electrons. The summed E-state index contributed by atoms with van der Waals surface area (Å²) >= 11 is 0. The zero-order valence-corrected chi connectivity index (χ0v) is 9.55. The van der Waals surface area contributed by atoms with Gasteiger partial charge in [-0.1, -0.05) is 6.92 Å². The zero-order valence-electron chi connectivity index (χ0n) is 9.55. The average Bonchev–Trinajstić information content (AvgIpc) is 2.24. The van der Waals surface area contributed by atoms with Gasteiger partial charge in [0, 0.05) is 13.0 Å². The summed E-state index contributed by atoms with van der Waals surface area (Å²) in [6.07, 6.45) is -1.31. The molecule has 6 heteroatoms. The van der Waals surface area contributed by atoms with Gasteiger partial charge >= 0.3 is 0 Å². The molecule has 0 rings (SSSR count). The van der Waals surface area contributed by atoms with E-state index in [1.165, 1.54) is 0 Å². The molecule has 0 aliphatic rings. The average molecular weight is 238 g/mol. The molecule has 16 heavy (non-hydrogen) atoms. The quantitative estimate of drug-likeness (QED) is 0.583. The largest absolute Gasteiger partial charge is 0.374 e. The monoisotopic (exact) mass is 238 g/mol. The van der Waals surface area contributed by atoms with Gasteiger partial charge in [-0.05, 0) is 18.9 Å². The molecule has 1 unspecified atom stereocenters. The first-order valence-electron chi connectivity index (χ1n) is 5.39. The van der Waals surface area contributed by atoms with Crippen LogP contribution in [-0.2, 0) is 9.53 Å². The number of hydrogen-bond donors (Lipinski definition) is 2. The Balaban J connectivity index is 3.30. The van der Waals surface area contributed by atoms with Crippen LogP contribution >= 0.6 is 0 Å². The highest BCUT2D eigenvalue weighted by Gasteiger charge is 2.05. The number of rotatable bonds is 9. The third-order valence-electron chi connectivity index (χ3n) is 2.08. The van der Waals surface area contributed by atoms with E-state index in [1.54, 1.807) is 0 Å². The molecule has 0 aromatic heterocycles. The third kappa shape index (κ3) is 9.79. The highest BCUT2D eigenvalue weighted by Crippen LogP contribution is 2.02. The second kappa shape index (κ2) is 9.47. The molecule has 0 bridgehead atoms. The smallest absolute Gasteiger partial charge is 0.261 e. The molecule has 0 aliphatic carbocycles. The van der Waals surface area contributed by atoms with Crippen LogP contribution in [0.3, 0.4) is 0 Å². The van der Waals surface area contributed by atoms with Crippen molar-refractivity contribution in [3.05, 3.63) is 0 Å². The number of nitrogens with two attached hydrogens (primary N) is 1. The maximum Gasteiger partial charge on any atom is 0.261 e. The van der Waals surface area contributed by atoms with Crippen molar-refractivity contribution in [2.75, 3.05) is 26.3 Å². The number of carbonyl (C=O) groups is 1. The Morgan fingerprint density at radius 2 is 2.19 bits per heavy atom. The molecule has 4 nitrogen and oxygen atoms in total. The van der Waals surface area contributed by atoms with Crippen LogP contribution in [0.2, 0.25) is 0 Å². The van der Waals surface area contributed by atoms with Gasteiger partial charge in [0.25, 0.3) is 6.43 Å². The molecule has 0 spiro atoms. The minimum absolute atomic E-state index is 0.0963. The van der Waals surface area contributed by atoms with Gasteiger partial charge in [-0.15, -0.1) is 0 Å². The molecular weight excluding hydrogens is 218 g/mol. The molecule has 0 saturated heterocycles. The normalized spacial score (nSPS) is 12.8. The summed E-state index contributed by atoms with van der Waals surface area (Å²) in [6, 6.07) is 0. The summed E-state index contributed by atoms with van der Waals surface area (Å²) in [7, 11) is 0. The van der Waals surface area contributed by atoms with Gasteiger partial charge in [-0.25, -0.2) is 8.78 Å². The minimum atomic E-state index is -2.46. The maximum atomic E-state index is 11.6. The van der Waals surface area contributed by atoms with Crippen molar-refractivity contribution in [2.45, 2.75) is 26.2 Å². The molecular formula is C10H20F2N2O2. The first-order valence-corrected chi connectivity index (χ1v) is 5.39. The van der Waals surface area contributed by atoms with Crippen molar-refractivity contribution in [1.82, 2.24) is 5.32 Å². The number of amides is 1. The Bertz CT molecular complexity index is 192. The van der Waals surface area contributed by atoms with E-state index in [4.69, 9.17) is 5.73 Å². The molecule has 0 heterocycles. The van der Waals surface area contributed by atoms with Crippen molar-refractivity contribution in [3.8, 4) is 0 Å². The van der Waals surface area contributed by atoms with Crippen LogP contribution in [0.15, 0.2) is 0 Å². The number of halogens is 2. The van der Waals surface area contributed by atoms with Gasteiger partial charge in [0.15, 0.2) is 0 Å². The maximum absolute atomic E-state index is 11.6. The summed E-state index contributed by atoms with van der Waals surface area (Å²) in [5.41, 5.74) is 5.40. The highest BCUT2D eigenvalue weighted by molar-refractivity contribution is 5.75. The first-order chi connectivity index (χ1) is 7.56. The van der Waals surface area contributed by atoms with E-state index in [2.05, 4.69) is 10.1 Å². The van der Waals surface area contributed by atoms with E-state index in [9.17, 15) is 13.6 Å². The Kier molecular flexibility index (Phi) is 9.03. The van der Waals surface area contributed by atoms with E-state index in [0.29, 0.717) is 18.9 Å². The Morgan fingerprint density at radius 3 is 2.75 bits per heavy atom. The number of alkyl halides is 2. The first kappa shape index (κ1) is 15.2. The molecule has 0 aliphatic heterocycles. The van der Waals surface area contributed by atoms with Gasteiger partial charge in [0.1, 0.15) is 6.61 Å². The lowest BCUT2D eigenvalue weighted by atomic mass is 10.1. The Hall–Kier alpha value is -0.750. The van der Waals surface area contributed by atoms with Crippen molar-refractivity contribution >= 4 is 5.91 Å². The van der Waals surface area contributed by atoms with E-state index < -0.39 is 13.0 Å². The van der Waals surface area contributed by atoms with Gasteiger partial charge in [0.2, 0.25) is 5.91 Å². The van der Waals surface area contributed by atoms with Crippen LogP contribution in [-0.4, -0.2) is 38.6 Å². The number of nitrogens with one attached hydrogen (secondary N) is 1. The lowest BCUT2D eigenvalue weighted by molar-refractivity contribution is -0.121. The molecule has 3 N–H and O–H groups in total. The molecule has 0 aromatic carbocycles. The van der Waals surface area contributed by atoms with Gasteiger partial charge < -0.3 is 15.8 Å². The van der Waals surface area contributed by atoms with E-state index in [0.717, 1.165) is 6.42 Å². The van der Waals surface area contributed by atoms with Crippen molar-refractivity contribution in [2.24, 2.45) is 11.7 Å². The predicted molar refractivity (Wildman–Crippen MR) is 57.3 cm³/mol. The number of hydrogen-bond acceptors (Lipinski definition) is 3. The summed E-state index contributed by atoms with van der Waals surface area (Å²) < 4.78 is 27.9. The predicted octanol–water partition coefficient (Wildman–Crippen LogP) is 0.759. The second-order valence-electron chi connectivity index (χ2n) is 3.70. The van der Waals surface area contributed by atoms with E-state index in [1.807, 2.05) is 6.92 Å². The summed E-state index contributed by atoms with van der Waals surface area (Å²) in [5, 5.41) is 2.59. The van der Waals surface area contributed by atoms with Crippen LogP contribution in [0, 0.1) is 5.92 Å². The zero-order chi connectivity index (χ0) is 12.4. The lowest BCUT2D eigenvalue weighted by Crippen LogP contribution is -2.28. The standard InChI is InChI=1S/C10H20F2N2O2/c1-8(6-13)2-3-10(15)14-4-5-16-7-9(11)12/h8-9H,2-7,13H2,1H3,(H,14,15). The fourth-order valence-corrected chi connectivity index (χ4v) is 1.02. The molecule has 1 amide bonds. The Labute approximate surface area is 94.5 Å². The van der Waals surface area contributed by atoms with Gasteiger partial charge in [0.05, 0.1) is 6.61 Å². The van der Waals surface area contributed by atoms with Crippen LogP contribution in [0.4, 0.5) is 8.78 Å². The van der Waals surface area contributed by atoms with Crippen molar-refractivity contribution in [1.29, 1.82) is 0 Å². The van der Waals surface area contributed by atoms with Crippen LogP contribution in [0.1, 0.15) is 19.8 Å². The highest BCUT2D eigenvalue weighted by atomic mass is 19.3. The second-order valence-corrected chi connectivity index (χ2v) is 3.70. The summed E-state index contributed by atoms with van der Waals surface area (Å²) in [4.78, 5) is 11.2. The number of carbonyl (C=O) groups excluding carboxylic acids is 1. The summed E-state index contributed by atoms with van der Waals surface area (Å²) in [5.74, 6) is 0.224. The fraction of sp³-hybridized carbons (Fsp3) is 0.900. The topological polar surface area (TPSA) is 64.4 Å². The molecule has 0 saturated carbocycles. The van der Waals surface area contributed by atoms with E-state index in [-0.39, 0.29) is 19.1 Å². The van der Waals surface area contributed by atoms with E-state index >= 15 is 0 Å². The fourth-order valence-electron chi connectivity index (χ4n) is 1.02. The Morgan fingerprint density at radius 1 is 1.50 bits per heavy atom. The van der Waals surface area contributed by atoms with Gasteiger partial charge in [-0.2, -0.15) is 0 Å².